The molecule has 1 saturated heterocycles. The highest BCUT2D eigenvalue weighted by Crippen LogP contribution is 2.12. The standard InChI is InChI=1S/C14H26N4/c1-3-9-18-10-4-5-13(7-11-18)15-12-14-6-8-16-17(14)2/h6,8,13,15H,3-5,7,9-12H2,1-2H3. The van der Waals surface area contributed by atoms with Crippen molar-refractivity contribution in [3.05, 3.63) is 18.0 Å². The summed E-state index contributed by atoms with van der Waals surface area (Å²) < 4.78 is 1.95. The molecule has 0 aromatic carbocycles. The van der Waals surface area contributed by atoms with E-state index in [4.69, 9.17) is 0 Å². The van der Waals surface area contributed by atoms with Gasteiger partial charge in [0.15, 0.2) is 0 Å². The van der Waals surface area contributed by atoms with Gasteiger partial charge in [-0.1, -0.05) is 6.92 Å². The second-order valence-electron chi connectivity index (χ2n) is 5.30. The maximum atomic E-state index is 4.20. The Balaban J connectivity index is 1.75. The van der Waals surface area contributed by atoms with Crippen LogP contribution in [0.25, 0.3) is 0 Å². The minimum Gasteiger partial charge on any atom is -0.308 e. The molecule has 4 heteroatoms. The first-order chi connectivity index (χ1) is 8.79. The van der Waals surface area contributed by atoms with E-state index in [0.29, 0.717) is 6.04 Å². The average molecular weight is 250 g/mol. The lowest BCUT2D eigenvalue weighted by atomic mass is 10.1. The number of nitrogens with one attached hydrogen (secondary N) is 1. The van der Waals surface area contributed by atoms with Crippen molar-refractivity contribution >= 4 is 0 Å². The van der Waals surface area contributed by atoms with Crippen molar-refractivity contribution in [2.75, 3.05) is 19.6 Å². The van der Waals surface area contributed by atoms with Crippen LogP contribution in [0.4, 0.5) is 0 Å². The third kappa shape index (κ3) is 3.82. The van der Waals surface area contributed by atoms with Gasteiger partial charge in [0, 0.05) is 25.8 Å². The molecule has 0 radical (unpaired) electrons. The molecule has 0 spiro atoms. The summed E-state index contributed by atoms with van der Waals surface area (Å²) >= 11 is 0. The zero-order chi connectivity index (χ0) is 12.8. The predicted octanol–water partition coefficient (Wildman–Crippen LogP) is 1.77. The molecule has 1 aromatic heterocycles. The molecular formula is C14H26N4. The molecule has 1 atom stereocenters. The minimum absolute atomic E-state index is 0.668. The molecule has 1 aromatic rings. The zero-order valence-corrected chi connectivity index (χ0v) is 11.7. The van der Waals surface area contributed by atoms with E-state index in [-0.39, 0.29) is 0 Å². The van der Waals surface area contributed by atoms with E-state index in [1.54, 1.807) is 0 Å². The van der Waals surface area contributed by atoms with E-state index in [9.17, 15) is 0 Å². The number of aryl methyl sites for hydroxylation is 1. The Labute approximate surface area is 110 Å². The van der Waals surface area contributed by atoms with Gasteiger partial charge in [-0.3, -0.25) is 4.68 Å². The van der Waals surface area contributed by atoms with Crippen molar-refractivity contribution in [1.29, 1.82) is 0 Å². The highest BCUT2D eigenvalue weighted by atomic mass is 15.3. The van der Waals surface area contributed by atoms with Gasteiger partial charge in [0.1, 0.15) is 0 Å². The molecular weight excluding hydrogens is 224 g/mol. The van der Waals surface area contributed by atoms with Gasteiger partial charge in [-0.15, -0.1) is 0 Å². The molecule has 0 aliphatic carbocycles. The van der Waals surface area contributed by atoms with Crippen LogP contribution in [0, 0.1) is 0 Å². The Hall–Kier alpha value is -0.870. The van der Waals surface area contributed by atoms with Gasteiger partial charge in [-0.25, -0.2) is 0 Å². The fourth-order valence-electron chi connectivity index (χ4n) is 2.72. The number of nitrogens with zero attached hydrogens (tertiary/aromatic N) is 3. The normalized spacial score (nSPS) is 22.0. The summed E-state index contributed by atoms with van der Waals surface area (Å²) in [7, 11) is 2.01. The van der Waals surface area contributed by atoms with Crippen LogP contribution in [-0.4, -0.2) is 40.4 Å². The van der Waals surface area contributed by atoms with Crippen LogP contribution in [0.1, 0.15) is 38.3 Å². The minimum atomic E-state index is 0.668. The van der Waals surface area contributed by atoms with Crippen LogP contribution in [0.2, 0.25) is 0 Å². The summed E-state index contributed by atoms with van der Waals surface area (Å²) in [5, 5.41) is 7.88. The third-order valence-corrected chi connectivity index (χ3v) is 3.85. The summed E-state index contributed by atoms with van der Waals surface area (Å²) in [6, 6.07) is 2.76. The Morgan fingerprint density at radius 2 is 2.28 bits per heavy atom. The average Bonchev–Trinajstić information content (AvgIpc) is 2.63. The SMILES string of the molecule is CCCN1CCCC(NCc2ccnn2C)CC1. The van der Waals surface area contributed by atoms with Crippen molar-refractivity contribution in [2.45, 2.75) is 45.2 Å². The van der Waals surface area contributed by atoms with Crippen LogP contribution >= 0.6 is 0 Å². The summed E-state index contributed by atoms with van der Waals surface area (Å²) in [6.07, 6.45) is 7.04. The van der Waals surface area contributed by atoms with Gasteiger partial charge >= 0.3 is 0 Å². The molecule has 1 unspecified atom stereocenters. The molecule has 1 fully saturated rings. The van der Waals surface area contributed by atoms with E-state index in [0.717, 1.165) is 6.54 Å². The number of hydrogen-bond acceptors (Lipinski definition) is 3. The monoisotopic (exact) mass is 250 g/mol. The lowest BCUT2D eigenvalue weighted by Crippen LogP contribution is -2.31. The third-order valence-electron chi connectivity index (χ3n) is 3.85. The number of rotatable bonds is 5. The first kappa shape index (κ1) is 13.6. The quantitative estimate of drug-likeness (QED) is 0.864. The number of hydrogen-bond donors (Lipinski definition) is 1. The maximum Gasteiger partial charge on any atom is 0.0518 e. The highest BCUT2D eigenvalue weighted by Gasteiger charge is 2.16. The molecule has 1 aliphatic heterocycles. The lowest BCUT2D eigenvalue weighted by molar-refractivity contribution is 0.282. The lowest BCUT2D eigenvalue weighted by Gasteiger charge is -2.19. The predicted molar refractivity (Wildman–Crippen MR) is 74.4 cm³/mol. The van der Waals surface area contributed by atoms with E-state index in [1.807, 2.05) is 17.9 Å². The van der Waals surface area contributed by atoms with Gasteiger partial charge in [-0.2, -0.15) is 5.10 Å². The van der Waals surface area contributed by atoms with Gasteiger partial charge < -0.3 is 10.2 Å². The Morgan fingerprint density at radius 1 is 1.39 bits per heavy atom. The summed E-state index contributed by atoms with van der Waals surface area (Å²) in [5.74, 6) is 0. The fourth-order valence-corrected chi connectivity index (χ4v) is 2.72. The molecule has 18 heavy (non-hydrogen) atoms. The second kappa shape index (κ2) is 6.90. The van der Waals surface area contributed by atoms with Crippen LogP contribution < -0.4 is 5.32 Å². The van der Waals surface area contributed by atoms with Crippen LogP contribution in [0.5, 0.6) is 0 Å². The van der Waals surface area contributed by atoms with Gasteiger partial charge in [-0.05, 0) is 51.4 Å². The van der Waals surface area contributed by atoms with E-state index in [1.165, 1.54) is 51.0 Å². The zero-order valence-electron chi connectivity index (χ0n) is 11.7. The molecule has 4 nitrogen and oxygen atoms in total. The van der Waals surface area contributed by atoms with Gasteiger partial charge in [0.2, 0.25) is 0 Å². The second-order valence-corrected chi connectivity index (χ2v) is 5.30. The summed E-state index contributed by atoms with van der Waals surface area (Å²) in [4.78, 5) is 2.60. The molecule has 0 bridgehead atoms. The van der Waals surface area contributed by atoms with Crippen LogP contribution in [0.15, 0.2) is 12.3 Å². The topological polar surface area (TPSA) is 33.1 Å². The Morgan fingerprint density at radius 3 is 3.00 bits per heavy atom. The van der Waals surface area contributed by atoms with Crippen molar-refractivity contribution in [3.8, 4) is 0 Å². The van der Waals surface area contributed by atoms with Crippen molar-refractivity contribution in [3.63, 3.8) is 0 Å². The molecule has 0 amide bonds. The first-order valence-electron chi connectivity index (χ1n) is 7.22. The molecule has 0 saturated carbocycles. The van der Waals surface area contributed by atoms with Crippen molar-refractivity contribution < 1.29 is 0 Å². The van der Waals surface area contributed by atoms with Crippen molar-refractivity contribution in [2.24, 2.45) is 7.05 Å². The molecule has 2 heterocycles. The Bertz CT molecular complexity index is 347. The molecule has 1 aliphatic rings. The first-order valence-corrected chi connectivity index (χ1v) is 7.22. The number of likely N-dealkylation sites (tertiary alicyclic amines) is 1. The number of aromatic nitrogens is 2. The maximum absolute atomic E-state index is 4.20. The van der Waals surface area contributed by atoms with E-state index in [2.05, 4.69) is 28.3 Å². The molecule has 102 valence electrons. The fraction of sp³-hybridized carbons (Fsp3) is 0.786. The van der Waals surface area contributed by atoms with Crippen LogP contribution in [-0.2, 0) is 13.6 Å². The summed E-state index contributed by atoms with van der Waals surface area (Å²) in [5.41, 5.74) is 1.27. The largest absolute Gasteiger partial charge is 0.308 e. The van der Waals surface area contributed by atoms with Crippen molar-refractivity contribution in [1.82, 2.24) is 20.0 Å². The molecule has 2 rings (SSSR count). The van der Waals surface area contributed by atoms with Gasteiger partial charge in [0.25, 0.3) is 0 Å². The smallest absolute Gasteiger partial charge is 0.0518 e. The van der Waals surface area contributed by atoms with E-state index >= 15 is 0 Å². The highest BCUT2D eigenvalue weighted by molar-refractivity contribution is 4.99. The summed E-state index contributed by atoms with van der Waals surface area (Å²) in [6.45, 7) is 6.99. The van der Waals surface area contributed by atoms with Crippen LogP contribution in [0.3, 0.4) is 0 Å². The molecule has 1 N–H and O–H groups in total. The van der Waals surface area contributed by atoms with E-state index < -0.39 is 0 Å². The Kier molecular flexibility index (Phi) is 5.20. The van der Waals surface area contributed by atoms with Gasteiger partial charge in [0.05, 0.1) is 5.69 Å².